The van der Waals surface area contributed by atoms with E-state index in [-0.39, 0.29) is 5.91 Å². The van der Waals surface area contributed by atoms with Gasteiger partial charge < -0.3 is 19.9 Å². The van der Waals surface area contributed by atoms with E-state index in [1.165, 1.54) is 36.6 Å². The number of hydrogen-bond donors (Lipinski definition) is 2. The van der Waals surface area contributed by atoms with E-state index < -0.39 is 0 Å². The molecular formula is C27H35N5O2S. The molecule has 0 saturated heterocycles. The molecule has 1 heterocycles. The Balaban J connectivity index is 1.44. The summed E-state index contributed by atoms with van der Waals surface area (Å²) in [4.78, 5) is 12.7. The van der Waals surface area contributed by atoms with Crippen LogP contribution in [0.2, 0.25) is 0 Å². The van der Waals surface area contributed by atoms with Crippen molar-refractivity contribution in [1.29, 1.82) is 0 Å². The minimum absolute atomic E-state index is 0.0369. The van der Waals surface area contributed by atoms with Crippen LogP contribution in [0.4, 0.5) is 11.4 Å². The Morgan fingerprint density at radius 1 is 1.09 bits per heavy atom. The van der Waals surface area contributed by atoms with Crippen LogP contribution in [0.3, 0.4) is 0 Å². The second-order valence-corrected chi connectivity index (χ2v) is 10.2. The summed E-state index contributed by atoms with van der Waals surface area (Å²) in [5.74, 6) is 2.38. The summed E-state index contributed by atoms with van der Waals surface area (Å²) in [6.45, 7) is 4.86. The summed E-state index contributed by atoms with van der Waals surface area (Å²) in [5, 5.41) is 16.3. The molecule has 1 aliphatic carbocycles. The van der Waals surface area contributed by atoms with E-state index in [0.717, 1.165) is 40.9 Å². The van der Waals surface area contributed by atoms with Crippen LogP contribution in [-0.4, -0.2) is 33.5 Å². The Labute approximate surface area is 212 Å². The van der Waals surface area contributed by atoms with Gasteiger partial charge in [-0.3, -0.25) is 4.79 Å². The van der Waals surface area contributed by atoms with Crippen LogP contribution >= 0.6 is 11.8 Å². The van der Waals surface area contributed by atoms with E-state index in [0.29, 0.717) is 24.3 Å². The number of hydrogen-bond acceptors (Lipinski definition) is 6. The Morgan fingerprint density at radius 2 is 1.86 bits per heavy atom. The number of nitrogens with zero attached hydrogens (tertiary/aromatic N) is 3. The predicted molar refractivity (Wildman–Crippen MR) is 142 cm³/mol. The van der Waals surface area contributed by atoms with Gasteiger partial charge in [0.05, 0.1) is 19.4 Å². The van der Waals surface area contributed by atoms with E-state index >= 15 is 0 Å². The van der Waals surface area contributed by atoms with Gasteiger partial charge in [-0.05, 0) is 48.6 Å². The maximum absolute atomic E-state index is 12.7. The van der Waals surface area contributed by atoms with Gasteiger partial charge in [0.1, 0.15) is 5.75 Å². The van der Waals surface area contributed by atoms with Crippen LogP contribution < -0.4 is 15.4 Å². The molecule has 0 spiro atoms. The summed E-state index contributed by atoms with van der Waals surface area (Å²) >= 11 is 1.46. The molecule has 0 atom stereocenters. The van der Waals surface area contributed by atoms with E-state index in [9.17, 15) is 4.79 Å². The monoisotopic (exact) mass is 493 g/mol. The summed E-state index contributed by atoms with van der Waals surface area (Å²) in [7, 11) is 1.67. The Kier molecular flexibility index (Phi) is 8.69. The van der Waals surface area contributed by atoms with Crippen molar-refractivity contribution in [2.75, 3.05) is 23.5 Å². The molecule has 1 fully saturated rings. The fourth-order valence-corrected chi connectivity index (χ4v) is 5.27. The number of nitrogens with one attached hydrogen (secondary N) is 2. The topological polar surface area (TPSA) is 81.1 Å². The number of ether oxygens (including phenoxy) is 1. The van der Waals surface area contributed by atoms with Crippen molar-refractivity contribution in [1.82, 2.24) is 14.8 Å². The van der Waals surface area contributed by atoms with Crippen LogP contribution in [0, 0.1) is 0 Å². The van der Waals surface area contributed by atoms with Crippen LogP contribution in [0.5, 0.6) is 5.75 Å². The smallest absolute Gasteiger partial charge is 0.234 e. The lowest BCUT2D eigenvalue weighted by molar-refractivity contribution is -0.113. The summed E-state index contributed by atoms with van der Waals surface area (Å²) < 4.78 is 7.58. The summed E-state index contributed by atoms with van der Waals surface area (Å²) in [6.07, 6.45) is 5.93. The Bertz CT molecular complexity index is 1120. The molecule has 2 aromatic carbocycles. The number of anilines is 2. The van der Waals surface area contributed by atoms with Gasteiger partial charge in [-0.1, -0.05) is 63.1 Å². The van der Waals surface area contributed by atoms with Crippen molar-refractivity contribution >= 4 is 29.0 Å². The standard InChI is InChI=1S/C27H35N5O2S/c1-19(2)20-9-7-11-22(15-20)29-26(33)18-35-27-31-30-25(32(27)23-12-5-4-6-13-23)17-28-21-10-8-14-24(16-21)34-3/h7-11,14-16,19,23,28H,4-6,12-13,17-18H2,1-3H3,(H,29,33). The zero-order valence-electron chi connectivity index (χ0n) is 20.8. The summed E-state index contributed by atoms with van der Waals surface area (Å²) in [5.41, 5.74) is 3.01. The van der Waals surface area contributed by atoms with Crippen LogP contribution in [0.15, 0.2) is 53.7 Å². The van der Waals surface area contributed by atoms with Crippen molar-refractivity contribution in [2.45, 2.75) is 69.6 Å². The molecule has 3 aromatic rings. The highest BCUT2D eigenvalue weighted by molar-refractivity contribution is 7.99. The molecule has 1 saturated carbocycles. The minimum atomic E-state index is -0.0369. The van der Waals surface area contributed by atoms with E-state index in [1.807, 2.05) is 42.5 Å². The molecule has 186 valence electrons. The number of amides is 1. The zero-order valence-corrected chi connectivity index (χ0v) is 21.6. The van der Waals surface area contributed by atoms with Gasteiger partial charge in [0.2, 0.25) is 5.91 Å². The molecule has 8 heteroatoms. The number of benzene rings is 2. The predicted octanol–water partition coefficient (Wildman–Crippen LogP) is 6.26. The van der Waals surface area contributed by atoms with Crippen molar-refractivity contribution in [3.05, 3.63) is 59.9 Å². The highest BCUT2D eigenvalue weighted by atomic mass is 32.2. The van der Waals surface area contributed by atoms with Gasteiger partial charge in [-0.15, -0.1) is 10.2 Å². The molecule has 2 N–H and O–H groups in total. The number of methoxy groups -OCH3 is 1. The maximum Gasteiger partial charge on any atom is 0.234 e. The Morgan fingerprint density at radius 3 is 2.63 bits per heavy atom. The highest BCUT2D eigenvalue weighted by Gasteiger charge is 2.23. The molecule has 0 aliphatic heterocycles. The lowest BCUT2D eigenvalue weighted by Crippen LogP contribution is -2.19. The van der Waals surface area contributed by atoms with Gasteiger partial charge in [-0.25, -0.2) is 0 Å². The largest absolute Gasteiger partial charge is 0.497 e. The fraction of sp³-hybridized carbons (Fsp3) is 0.444. The van der Waals surface area contributed by atoms with Crippen LogP contribution in [-0.2, 0) is 11.3 Å². The molecule has 35 heavy (non-hydrogen) atoms. The number of aromatic nitrogens is 3. The maximum atomic E-state index is 12.7. The Hall–Kier alpha value is -3.00. The average molecular weight is 494 g/mol. The first-order valence-electron chi connectivity index (χ1n) is 12.4. The van der Waals surface area contributed by atoms with Crippen LogP contribution in [0.25, 0.3) is 0 Å². The number of carbonyl (C=O) groups is 1. The second kappa shape index (κ2) is 12.1. The van der Waals surface area contributed by atoms with E-state index in [4.69, 9.17) is 4.74 Å². The zero-order chi connectivity index (χ0) is 24.6. The molecule has 1 aliphatic rings. The van der Waals surface area contributed by atoms with Gasteiger partial charge in [0, 0.05) is 23.5 Å². The summed E-state index contributed by atoms with van der Waals surface area (Å²) in [6, 6.07) is 16.3. The second-order valence-electron chi connectivity index (χ2n) is 9.26. The van der Waals surface area contributed by atoms with Crippen LogP contribution in [0.1, 0.15) is 69.3 Å². The quantitative estimate of drug-likeness (QED) is 0.325. The number of thioether (sulfide) groups is 1. The highest BCUT2D eigenvalue weighted by Crippen LogP contribution is 2.33. The van der Waals surface area contributed by atoms with Gasteiger partial charge in [0.15, 0.2) is 11.0 Å². The first-order valence-corrected chi connectivity index (χ1v) is 13.4. The van der Waals surface area contributed by atoms with Crippen molar-refractivity contribution in [2.24, 2.45) is 0 Å². The van der Waals surface area contributed by atoms with Crippen molar-refractivity contribution in [3.63, 3.8) is 0 Å². The van der Waals surface area contributed by atoms with Crippen molar-refractivity contribution < 1.29 is 9.53 Å². The molecule has 0 unspecified atom stereocenters. The lowest BCUT2D eigenvalue weighted by Gasteiger charge is -2.25. The molecule has 1 aromatic heterocycles. The number of rotatable bonds is 10. The van der Waals surface area contributed by atoms with E-state index in [2.05, 4.69) is 45.3 Å². The third-order valence-electron chi connectivity index (χ3n) is 6.36. The molecule has 1 amide bonds. The van der Waals surface area contributed by atoms with E-state index in [1.54, 1.807) is 7.11 Å². The molecule has 4 rings (SSSR count). The van der Waals surface area contributed by atoms with Crippen molar-refractivity contribution in [3.8, 4) is 5.75 Å². The normalized spacial score (nSPS) is 14.2. The first kappa shape index (κ1) is 25.1. The average Bonchev–Trinajstić information content (AvgIpc) is 3.30. The molecule has 0 bridgehead atoms. The third-order valence-corrected chi connectivity index (χ3v) is 7.31. The van der Waals surface area contributed by atoms with Gasteiger partial charge >= 0.3 is 0 Å². The third kappa shape index (κ3) is 6.78. The fourth-order valence-electron chi connectivity index (χ4n) is 4.45. The van der Waals surface area contributed by atoms with Gasteiger partial charge in [0.25, 0.3) is 0 Å². The first-order chi connectivity index (χ1) is 17.0. The molecule has 0 radical (unpaired) electrons. The number of carbonyl (C=O) groups excluding carboxylic acids is 1. The SMILES string of the molecule is COc1cccc(NCc2nnc(SCC(=O)Nc3cccc(C(C)C)c3)n2C2CCCCC2)c1. The van der Waals surface area contributed by atoms with Gasteiger partial charge in [-0.2, -0.15) is 0 Å². The molecule has 7 nitrogen and oxygen atoms in total. The molecular weight excluding hydrogens is 458 g/mol. The minimum Gasteiger partial charge on any atom is -0.497 e. The lowest BCUT2D eigenvalue weighted by atomic mass is 9.95.